The van der Waals surface area contributed by atoms with Crippen LogP contribution in [-0.2, 0) is 28.9 Å². The summed E-state index contributed by atoms with van der Waals surface area (Å²) in [6, 6.07) is 7.33. The van der Waals surface area contributed by atoms with E-state index in [0.717, 1.165) is 24.8 Å². The van der Waals surface area contributed by atoms with Gasteiger partial charge >= 0.3 is 5.97 Å². The van der Waals surface area contributed by atoms with E-state index in [2.05, 4.69) is 12.2 Å². The first-order chi connectivity index (χ1) is 13.5. The molecule has 0 radical (unpaired) electrons. The monoisotopic (exact) mass is 403 g/mol. The molecule has 0 aliphatic heterocycles. The first kappa shape index (κ1) is 20.2. The second-order valence-electron chi connectivity index (χ2n) is 6.95. The molecule has 2 aromatic rings. The predicted molar refractivity (Wildman–Crippen MR) is 107 cm³/mol. The number of esters is 1. The van der Waals surface area contributed by atoms with E-state index in [1.807, 2.05) is 12.1 Å². The highest BCUT2D eigenvalue weighted by atomic mass is 32.1. The molecule has 1 heterocycles. The van der Waals surface area contributed by atoms with Gasteiger partial charge in [0, 0.05) is 11.4 Å². The Bertz CT molecular complexity index is 860. The van der Waals surface area contributed by atoms with Crippen molar-refractivity contribution in [2.75, 3.05) is 20.8 Å². The Kier molecular flexibility index (Phi) is 6.57. The summed E-state index contributed by atoms with van der Waals surface area (Å²) in [5.74, 6) is 1.08. The third-order valence-corrected chi connectivity index (χ3v) is 6.02. The van der Waals surface area contributed by atoms with Crippen molar-refractivity contribution >= 4 is 23.2 Å². The lowest BCUT2D eigenvalue weighted by atomic mass is 9.90. The van der Waals surface area contributed by atoms with Gasteiger partial charge in [-0.25, -0.2) is 4.79 Å². The number of ether oxygens (including phenoxy) is 3. The number of carbonyl (C=O) groups excluding carboxylic acids is 2. The van der Waals surface area contributed by atoms with Crippen LogP contribution in [0.1, 0.15) is 39.0 Å². The zero-order valence-corrected chi connectivity index (χ0v) is 17.2. The van der Waals surface area contributed by atoms with E-state index in [9.17, 15) is 9.59 Å². The Morgan fingerprint density at radius 3 is 2.71 bits per heavy atom. The fourth-order valence-corrected chi connectivity index (χ4v) is 4.35. The van der Waals surface area contributed by atoms with Crippen molar-refractivity contribution in [3.05, 3.63) is 45.1 Å². The Balaban J connectivity index is 1.48. The third kappa shape index (κ3) is 4.84. The van der Waals surface area contributed by atoms with Gasteiger partial charge in [0.2, 0.25) is 0 Å². The number of hydrogen-bond acceptors (Lipinski definition) is 6. The molecule has 1 aliphatic carbocycles. The van der Waals surface area contributed by atoms with Crippen molar-refractivity contribution < 1.29 is 23.8 Å². The Labute approximate surface area is 168 Å². The SMILES string of the molecule is COc1ccc(CNC(=O)COC(=O)c2cc3c(s2)CC[C@@H](C)C3)cc1OC. The lowest BCUT2D eigenvalue weighted by Gasteiger charge is -2.16. The summed E-state index contributed by atoms with van der Waals surface area (Å²) < 4.78 is 15.6. The Hall–Kier alpha value is -2.54. The summed E-state index contributed by atoms with van der Waals surface area (Å²) in [5, 5.41) is 2.74. The first-order valence-corrected chi connectivity index (χ1v) is 10.1. The van der Waals surface area contributed by atoms with E-state index in [-0.39, 0.29) is 12.5 Å². The molecular weight excluding hydrogens is 378 g/mol. The lowest BCUT2D eigenvalue weighted by molar-refractivity contribution is -0.124. The number of rotatable bonds is 7. The highest BCUT2D eigenvalue weighted by Crippen LogP contribution is 2.32. The van der Waals surface area contributed by atoms with E-state index in [0.29, 0.717) is 28.8 Å². The van der Waals surface area contributed by atoms with E-state index >= 15 is 0 Å². The molecule has 1 aliphatic rings. The maximum absolute atomic E-state index is 12.3. The van der Waals surface area contributed by atoms with Crippen molar-refractivity contribution in [1.82, 2.24) is 5.32 Å². The number of thiophene rings is 1. The highest BCUT2D eigenvalue weighted by Gasteiger charge is 2.21. The van der Waals surface area contributed by atoms with Gasteiger partial charge in [-0.2, -0.15) is 0 Å². The summed E-state index contributed by atoms with van der Waals surface area (Å²) in [7, 11) is 3.13. The van der Waals surface area contributed by atoms with Crippen molar-refractivity contribution in [1.29, 1.82) is 0 Å². The van der Waals surface area contributed by atoms with Gasteiger partial charge in [-0.3, -0.25) is 4.79 Å². The number of amides is 1. The van der Waals surface area contributed by atoms with Crippen molar-refractivity contribution in [3.8, 4) is 11.5 Å². The number of carbonyl (C=O) groups is 2. The van der Waals surface area contributed by atoms with Gasteiger partial charge in [-0.1, -0.05) is 13.0 Å². The van der Waals surface area contributed by atoms with Gasteiger partial charge in [0.15, 0.2) is 18.1 Å². The normalized spacial score (nSPS) is 15.5. The largest absolute Gasteiger partial charge is 0.493 e. The van der Waals surface area contributed by atoms with Crippen LogP contribution >= 0.6 is 11.3 Å². The van der Waals surface area contributed by atoms with Crippen molar-refractivity contribution in [2.24, 2.45) is 5.92 Å². The van der Waals surface area contributed by atoms with Gasteiger partial charge in [0.25, 0.3) is 5.91 Å². The third-order valence-electron chi connectivity index (χ3n) is 4.80. The van der Waals surface area contributed by atoms with Gasteiger partial charge in [-0.15, -0.1) is 11.3 Å². The van der Waals surface area contributed by atoms with Gasteiger partial charge in [0.1, 0.15) is 4.88 Å². The molecule has 1 N–H and O–H groups in total. The first-order valence-electron chi connectivity index (χ1n) is 9.26. The van der Waals surface area contributed by atoms with Crippen molar-refractivity contribution in [3.63, 3.8) is 0 Å². The van der Waals surface area contributed by atoms with Crippen LogP contribution in [0.5, 0.6) is 11.5 Å². The smallest absolute Gasteiger partial charge is 0.348 e. The topological polar surface area (TPSA) is 73.9 Å². The Morgan fingerprint density at radius 1 is 1.18 bits per heavy atom. The van der Waals surface area contributed by atoms with E-state index in [1.54, 1.807) is 26.4 Å². The van der Waals surface area contributed by atoms with E-state index in [4.69, 9.17) is 14.2 Å². The molecule has 3 rings (SSSR count). The van der Waals surface area contributed by atoms with Crippen LogP contribution in [-0.4, -0.2) is 32.7 Å². The molecule has 1 amide bonds. The predicted octanol–water partition coefficient (Wildman–Crippen LogP) is 3.36. The number of fused-ring (bicyclic) bond motifs is 1. The average molecular weight is 404 g/mol. The molecule has 0 unspecified atom stereocenters. The number of nitrogens with one attached hydrogen (secondary N) is 1. The van der Waals surface area contributed by atoms with Gasteiger partial charge < -0.3 is 19.5 Å². The van der Waals surface area contributed by atoms with Crippen LogP contribution in [0.4, 0.5) is 0 Å². The minimum absolute atomic E-state index is 0.301. The summed E-state index contributed by atoms with van der Waals surface area (Å²) in [5.41, 5.74) is 2.10. The van der Waals surface area contributed by atoms with E-state index < -0.39 is 5.97 Å². The highest BCUT2D eigenvalue weighted by molar-refractivity contribution is 7.14. The van der Waals surface area contributed by atoms with Crippen LogP contribution in [0.2, 0.25) is 0 Å². The molecule has 0 saturated heterocycles. The summed E-state index contributed by atoms with van der Waals surface area (Å²) in [6.07, 6.45) is 3.17. The quantitative estimate of drug-likeness (QED) is 0.718. The van der Waals surface area contributed by atoms with Crippen LogP contribution in [0.15, 0.2) is 24.3 Å². The zero-order chi connectivity index (χ0) is 20.1. The fraction of sp³-hybridized carbons (Fsp3) is 0.429. The summed E-state index contributed by atoms with van der Waals surface area (Å²) in [4.78, 5) is 26.1. The molecule has 6 nitrogen and oxygen atoms in total. The van der Waals surface area contributed by atoms with Crippen LogP contribution in [0.3, 0.4) is 0 Å². The molecule has 1 aromatic carbocycles. The Morgan fingerprint density at radius 2 is 1.96 bits per heavy atom. The molecular formula is C21H25NO5S. The number of aryl methyl sites for hydroxylation is 1. The molecule has 1 atom stereocenters. The summed E-state index contributed by atoms with van der Waals surface area (Å²) in [6.45, 7) is 2.23. The molecule has 28 heavy (non-hydrogen) atoms. The standard InChI is InChI=1S/C21H25NO5S/c1-13-4-7-18-15(8-13)10-19(28-18)21(24)27-12-20(23)22-11-14-5-6-16(25-2)17(9-14)26-3/h5-6,9-10,13H,4,7-8,11-12H2,1-3H3,(H,22,23)/t13-/m1/s1. The molecule has 1 aromatic heterocycles. The van der Waals surface area contributed by atoms with Gasteiger partial charge in [-0.05, 0) is 54.5 Å². The van der Waals surface area contributed by atoms with Crippen LogP contribution < -0.4 is 14.8 Å². The number of benzene rings is 1. The molecule has 150 valence electrons. The van der Waals surface area contributed by atoms with Crippen molar-refractivity contribution in [2.45, 2.75) is 32.7 Å². The number of methoxy groups -OCH3 is 2. The minimum Gasteiger partial charge on any atom is -0.493 e. The summed E-state index contributed by atoms with van der Waals surface area (Å²) >= 11 is 1.48. The molecule has 0 spiro atoms. The minimum atomic E-state index is -0.437. The second-order valence-corrected chi connectivity index (χ2v) is 8.09. The van der Waals surface area contributed by atoms with E-state index in [1.165, 1.54) is 21.8 Å². The fourth-order valence-electron chi connectivity index (χ4n) is 3.25. The second kappa shape index (κ2) is 9.10. The molecule has 7 heteroatoms. The lowest BCUT2D eigenvalue weighted by Crippen LogP contribution is -2.28. The van der Waals surface area contributed by atoms with Gasteiger partial charge in [0.05, 0.1) is 14.2 Å². The van der Waals surface area contributed by atoms with Crippen LogP contribution in [0, 0.1) is 5.92 Å². The molecule has 0 fully saturated rings. The van der Waals surface area contributed by atoms with Crippen LogP contribution in [0.25, 0.3) is 0 Å². The number of hydrogen-bond donors (Lipinski definition) is 1. The maximum Gasteiger partial charge on any atom is 0.348 e. The molecule has 0 bridgehead atoms. The average Bonchev–Trinajstić information content (AvgIpc) is 3.13. The zero-order valence-electron chi connectivity index (χ0n) is 16.4. The maximum atomic E-state index is 12.3. The molecule has 0 saturated carbocycles.